The van der Waals surface area contributed by atoms with Gasteiger partial charge in [0.2, 0.25) is 5.88 Å². The molecule has 1 aliphatic rings. The van der Waals surface area contributed by atoms with Gasteiger partial charge in [0.1, 0.15) is 12.1 Å². The Morgan fingerprint density at radius 2 is 1.97 bits per heavy atom. The van der Waals surface area contributed by atoms with Crippen molar-refractivity contribution < 1.29 is 4.74 Å². The summed E-state index contributed by atoms with van der Waals surface area (Å²) < 4.78 is 9.44. The van der Waals surface area contributed by atoms with E-state index in [0.29, 0.717) is 24.0 Å². The van der Waals surface area contributed by atoms with Crippen LogP contribution in [-0.2, 0) is 13.2 Å². The summed E-state index contributed by atoms with van der Waals surface area (Å²) >= 11 is 2.30. The van der Waals surface area contributed by atoms with Crippen molar-refractivity contribution in [3.05, 3.63) is 75.5 Å². The van der Waals surface area contributed by atoms with Crippen LogP contribution in [0.2, 0.25) is 0 Å². The average molecular weight is 535 g/mol. The number of benzene rings is 2. The van der Waals surface area contributed by atoms with E-state index >= 15 is 0 Å². The molecule has 0 bridgehead atoms. The molecule has 0 radical (unpaired) electrons. The largest absolute Gasteiger partial charge is 0.472 e. The number of nitrogens with one attached hydrogen (secondary N) is 1. The van der Waals surface area contributed by atoms with E-state index in [9.17, 15) is 0 Å². The number of nitriles is 1. The molecule has 1 N–H and O–H groups in total. The number of pyridine rings is 1. The van der Waals surface area contributed by atoms with Gasteiger partial charge in [0.25, 0.3) is 0 Å². The van der Waals surface area contributed by atoms with Crippen LogP contribution in [0, 0.1) is 20.8 Å². The van der Waals surface area contributed by atoms with Gasteiger partial charge in [0, 0.05) is 15.7 Å². The van der Waals surface area contributed by atoms with Crippen molar-refractivity contribution in [2.45, 2.75) is 19.6 Å². The lowest BCUT2D eigenvalue weighted by atomic mass is 10.0. The van der Waals surface area contributed by atoms with Crippen LogP contribution in [0.15, 0.2) is 60.8 Å². The lowest BCUT2D eigenvalue weighted by Crippen LogP contribution is -2.15. The standard InChI is InChI=1S/C25H22IN5O/c26-21-7-3-18(4-8-21)16-32-25-22(20-5-1-17(12-27)2-6-20)11-24-23(30-25)14-29-31(24)15-19-9-10-28-13-19/h1-8,11,14,19,28H,9-10,13,15-16H2/t19-/m0/s1. The van der Waals surface area contributed by atoms with Gasteiger partial charge in [-0.25, -0.2) is 4.98 Å². The minimum absolute atomic E-state index is 0.431. The Bertz CT molecular complexity index is 1270. The minimum atomic E-state index is 0.431. The van der Waals surface area contributed by atoms with Crippen molar-refractivity contribution >= 4 is 33.6 Å². The molecule has 0 saturated carbocycles. The molecule has 160 valence electrons. The molecule has 1 saturated heterocycles. The Balaban J connectivity index is 1.52. The van der Waals surface area contributed by atoms with Crippen LogP contribution >= 0.6 is 22.6 Å². The highest BCUT2D eigenvalue weighted by atomic mass is 127. The SMILES string of the molecule is N#Cc1ccc(-c2cc3c(cnn3C[C@H]3CCNC3)nc2OCc2ccc(I)cc2)cc1. The Labute approximate surface area is 200 Å². The van der Waals surface area contributed by atoms with Crippen LogP contribution in [0.4, 0.5) is 0 Å². The van der Waals surface area contributed by atoms with Crippen LogP contribution < -0.4 is 10.1 Å². The van der Waals surface area contributed by atoms with Crippen molar-refractivity contribution in [1.82, 2.24) is 20.1 Å². The fraction of sp³-hybridized carbons (Fsp3) is 0.240. The molecule has 5 rings (SSSR count). The van der Waals surface area contributed by atoms with E-state index in [1.165, 1.54) is 3.57 Å². The fourth-order valence-corrected chi connectivity index (χ4v) is 4.38. The van der Waals surface area contributed by atoms with Crippen LogP contribution in [0.1, 0.15) is 17.5 Å². The molecule has 0 spiro atoms. The highest BCUT2D eigenvalue weighted by Crippen LogP contribution is 2.33. The third-order valence-corrected chi connectivity index (χ3v) is 6.52. The van der Waals surface area contributed by atoms with E-state index in [2.05, 4.69) is 74.1 Å². The first kappa shape index (κ1) is 20.9. The molecule has 4 aromatic rings. The monoisotopic (exact) mass is 535 g/mol. The van der Waals surface area contributed by atoms with Gasteiger partial charge in [0.15, 0.2) is 0 Å². The third-order valence-electron chi connectivity index (χ3n) is 5.80. The first-order chi connectivity index (χ1) is 15.7. The van der Waals surface area contributed by atoms with Gasteiger partial charge in [-0.15, -0.1) is 0 Å². The maximum atomic E-state index is 9.16. The predicted molar refractivity (Wildman–Crippen MR) is 132 cm³/mol. The highest BCUT2D eigenvalue weighted by molar-refractivity contribution is 14.1. The molecule has 1 aliphatic heterocycles. The zero-order chi connectivity index (χ0) is 21.9. The second kappa shape index (κ2) is 9.27. The first-order valence-corrected chi connectivity index (χ1v) is 11.7. The lowest BCUT2D eigenvalue weighted by Gasteiger charge is -2.13. The summed E-state index contributed by atoms with van der Waals surface area (Å²) in [5, 5.41) is 17.2. The van der Waals surface area contributed by atoms with Crippen LogP contribution in [-0.4, -0.2) is 27.9 Å². The maximum Gasteiger partial charge on any atom is 0.222 e. The second-order valence-electron chi connectivity index (χ2n) is 8.04. The molecule has 6 nitrogen and oxygen atoms in total. The predicted octanol–water partition coefficient (Wildman–Crippen LogP) is 4.76. The summed E-state index contributed by atoms with van der Waals surface area (Å²) in [6.07, 6.45) is 2.98. The number of hydrogen-bond acceptors (Lipinski definition) is 5. The Hall–Kier alpha value is -2.96. The summed E-state index contributed by atoms with van der Waals surface area (Å²) in [6.45, 7) is 3.39. The first-order valence-electron chi connectivity index (χ1n) is 10.6. The average Bonchev–Trinajstić information content (AvgIpc) is 3.48. The van der Waals surface area contributed by atoms with Crippen LogP contribution in [0.3, 0.4) is 0 Å². The number of hydrogen-bond donors (Lipinski definition) is 1. The number of fused-ring (bicyclic) bond motifs is 1. The van der Waals surface area contributed by atoms with E-state index in [0.717, 1.165) is 53.8 Å². The zero-order valence-corrected chi connectivity index (χ0v) is 19.6. The van der Waals surface area contributed by atoms with E-state index in [4.69, 9.17) is 15.0 Å². The number of nitrogens with zero attached hydrogens (tertiary/aromatic N) is 4. The molecule has 32 heavy (non-hydrogen) atoms. The quantitative estimate of drug-likeness (QED) is 0.361. The molecule has 3 heterocycles. The molecular weight excluding hydrogens is 513 g/mol. The van der Waals surface area contributed by atoms with Crippen LogP contribution in [0.5, 0.6) is 5.88 Å². The fourth-order valence-electron chi connectivity index (χ4n) is 4.02. The summed E-state index contributed by atoms with van der Waals surface area (Å²) in [5.74, 6) is 1.15. The van der Waals surface area contributed by atoms with E-state index < -0.39 is 0 Å². The van der Waals surface area contributed by atoms with Crippen molar-refractivity contribution in [1.29, 1.82) is 5.26 Å². The molecule has 1 atom stereocenters. The smallest absolute Gasteiger partial charge is 0.222 e. The number of ether oxygens (including phenoxy) is 1. The second-order valence-corrected chi connectivity index (χ2v) is 9.28. The van der Waals surface area contributed by atoms with Gasteiger partial charge < -0.3 is 10.1 Å². The van der Waals surface area contributed by atoms with Crippen molar-refractivity contribution in [2.75, 3.05) is 13.1 Å². The number of rotatable bonds is 6. The topological polar surface area (TPSA) is 75.8 Å². The molecule has 2 aromatic carbocycles. The van der Waals surface area contributed by atoms with Gasteiger partial charge in [-0.3, -0.25) is 4.68 Å². The normalized spacial score (nSPS) is 15.7. The minimum Gasteiger partial charge on any atom is -0.472 e. The molecule has 0 amide bonds. The van der Waals surface area contributed by atoms with E-state index in [1.807, 2.05) is 30.5 Å². The molecule has 0 unspecified atom stereocenters. The summed E-state index contributed by atoms with van der Waals surface area (Å²) in [5.41, 5.74) is 5.40. The summed E-state index contributed by atoms with van der Waals surface area (Å²) in [4.78, 5) is 4.83. The van der Waals surface area contributed by atoms with E-state index in [-0.39, 0.29) is 0 Å². The summed E-state index contributed by atoms with van der Waals surface area (Å²) in [7, 11) is 0. The Kier molecular flexibility index (Phi) is 6.06. The molecule has 2 aromatic heterocycles. The van der Waals surface area contributed by atoms with Gasteiger partial charge in [-0.1, -0.05) is 24.3 Å². The molecule has 0 aliphatic carbocycles. The van der Waals surface area contributed by atoms with Gasteiger partial charge in [0.05, 0.1) is 23.3 Å². The molecule has 7 heteroatoms. The lowest BCUT2D eigenvalue weighted by molar-refractivity contribution is 0.296. The van der Waals surface area contributed by atoms with Gasteiger partial charge in [-0.05, 0) is 89.5 Å². The van der Waals surface area contributed by atoms with Crippen LogP contribution in [0.25, 0.3) is 22.2 Å². The number of halogens is 1. The van der Waals surface area contributed by atoms with Crippen molar-refractivity contribution in [2.24, 2.45) is 5.92 Å². The van der Waals surface area contributed by atoms with Crippen molar-refractivity contribution in [3.63, 3.8) is 0 Å². The highest BCUT2D eigenvalue weighted by Gasteiger charge is 2.19. The zero-order valence-electron chi connectivity index (χ0n) is 17.5. The van der Waals surface area contributed by atoms with Gasteiger partial charge >= 0.3 is 0 Å². The molecular formula is C25H22IN5O. The van der Waals surface area contributed by atoms with Crippen molar-refractivity contribution in [3.8, 4) is 23.1 Å². The number of aromatic nitrogens is 3. The molecule has 1 fully saturated rings. The Morgan fingerprint density at radius 3 is 2.69 bits per heavy atom. The summed E-state index contributed by atoms with van der Waals surface area (Å²) in [6, 6.07) is 20.1. The maximum absolute atomic E-state index is 9.16. The van der Waals surface area contributed by atoms with Gasteiger partial charge in [-0.2, -0.15) is 10.4 Å². The van der Waals surface area contributed by atoms with E-state index in [1.54, 1.807) is 0 Å². The third kappa shape index (κ3) is 4.47. The Morgan fingerprint density at radius 1 is 1.16 bits per heavy atom.